The summed E-state index contributed by atoms with van der Waals surface area (Å²) in [5.41, 5.74) is 1.02. The molecular weight excluding hydrogens is 372 g/mol. The van der Waals surface area contributed by atoms with Crippen LogP contribution in [0, 0.1) is 0 Å². The molecule has 2 rings (SSSR count). The van der Waals surface area contributed by atoms with Crippen molar-refractivity contribution in [2.24, 2.45) is 0 Å². The molecule has 1 aromatic heterocycles. The van der Waals surface area contributed by atoms with E-state index in [4.69, 9.17) is 25.8 Å². The Balaban J connectivity index is 2.02. The van der Waals surface area contributed by atoms with Crippen LogP contribution in [-0.4, -0.2) is 36.7 Å². The fraction of sp³-hybridized carbons (Fsp3) is 0.316. The largest absolute Gasteiger partial charge is 0.496 e. The van der Waals surface area contributed by atoms with Crippen LogP contribution in [0.2, 0.25) is 5.02 Å². The van der Waals surface area contributed by atoms with E-state index in [1.165, 1.54) is 13.1 Å². The average Bonchev–Trinajstić information content (AvgIpc) is 2.67. The Morgan fingerprint density at radius 3 is 2.67 bits per heavy atom. The number of halogens is 1. The topological polar surface area (TPSA) is 86.8 Å². The minimum absolute atomic E-state index is 0.301. The molecule has 0 spiro atoms. The van der Waals surface area contributed by atoms with Crippen molar-refractivity contribution in [2.45, 2.75) is 26.6 Å². The lowest BCUT2D eigenvalue weighted by atomic mass is 10.1. The predicted octanol–water partition coefficient (Wildman–Crippen LogP) is 3.46. The Hall–Kier alpha value is -2.64. The number of carbonyl (C=O) groups is 2. The molecule has 2 aromatic rings. The molecule has 0 aliphatic rings. The van der Waals surface area contributed by atoms with Gasteiger partial charge in [0.2, 0.25) is 0 Å². The quantitative estimate of drug-likeness (QED) is 0.692. The Morgan fingerprint density at radius 1 is 1.26 bits per heavy atom. The fourth-order valence-corrected chi connectivity index (χ4v) is 2.30. The number of nitrogens with zero attached hydrogens (tertiary/aromatic N) is 1. The van der Waals surface area contributed by atoms with Crippen molar-refractivity contribution in [3.8, 4) is 5.75 Å². The summed E-state index contributed by atoms with van der Waals surface area (Å²) in [7, 11) is 1.54. The van der Waals surface area contributed by atoms with Crippen LogP contribution in [-0.2, 0) is 20.9 Å². The molecule has 0 aliphatic carbocycles. The van der Waals surface area contributed by atoms with Gasteiger partial charge in [-0.25, -0.2) is 9.78 Å². The number of nitrogens with one attached hydrogen (secondary N) is 1. The smallest absolute Gasteiger partial charge is 0.338 e. The minimum Gasteiger partial charge on any atom is -0.496 e. The summed E-state index contributed by atoms with van der Waals surface area (Å²) in [5.74, 6) is -0.196. The lowest BCUT2D eigenvalue weighted by Crippen LogP contribution is -2.30. The molecule has 27 heavy (non-hydrogen) atoms. The van der Waals surface area contributed by atoms with Crippen LogP contribution in [0.3, 0.4) is 0 Å². The molecule has 144 valence electrons. The number of anilines is 1. The van der Waals surface area contributed by atoms with Crippen molar-refractivity contribution >= 4 is 29.3 Å². The summed E-state index contributed by atoms with van der Waals surface area (Å²) in [5, 5.41) is 3.01. The number of pyridine rings is 1. The van der Waals surface area contributed by atoms with Gasteiger partial charge in [-0.05, 0) is 44.2 Å². The Morgan fingerprint density at radius 2 is 2.04 bits per heavy atom. The second kappa shape index (κ2) is 9.89. The summed E-state index contributed by atoms with van der Waals surface area (Å²) in [4.78, 5) is 28.5. The summed E-state index contributed by atoms with van der Waals surface area (Å²) < 4.78 is 15.9. The highest BCUT2D eigenvalue weighted by Gasteiger charge is 2.20. The van der Waals surface area contributed by atoms with E-state index in [2.05, 4.69) is 10.3 Å². The second-order valence-corrected chi connectivity index (χ2v) is 6.00. The number of esters is 1. The number of hydrogen-bond acceptors (Lipinski definition) is 6. The zero-order chi connectivity index (χ0) is 19.8. The standard InChI is InChI=1S/C19H21ClN2O5/c1-4-26-11-14-9-13(5-7-16(14)25-3)19(24)27-12(2)18(23)22-17-8-6-15(20)10-21-17/h5-10,12H,4,11H2,1-3H3,(H,21,22,23)/t12-/m1/s1. The summed E-state index contributed by atoms with van der Waals surface area (Å²) in [6.07, 6.45) is 0.401. The first-order chi connectivity index (χ1) is 12.9. The van der Waals surface area contributed by atoms with Crippen molar-refractivity contribution < 1.29 is 23.8 Å². The molecular formula is C19H21ClN2O5. The van der Waals surface area contributed by atoms with Crippen LogP contribution in [0.15, 0.2) is 36.5 Å². The Labute approximate surface area is 162 Å². The predicted molar refractivity (Wildman–Crippen MR) is 101 cm³/mol. The van der Waals surface area contributed by atoms with Crippen molar-refractivity contribution in [1.82, 2.24) is 4.98 Å². The van der Waals surface area contributed by atoms with Crippen LogP contribution in [0.5, 0.6) is 5.75 Å². The van der Waals surface area contributed by atoms with Crippen LogP contribution in [0.25, 0.3) is 0 Å². The van der Waals surface area contributed by atoms with Gasteiger partial charge < -0.3 is 19.5 Å². The van der Waals surface area contributed by atoms with Crippen LogP contribution < -0.4 is 10.1 Å². The highest BCUT2D eigenvalue weighted by atomic mass is 35.5. The third-order valence-corrected chi connectivity index (χ3v) is 3.83. The minimum atomic E-state index is -1.01. The number of benzene rings is 1. The Bertz CT molecular complexity index is 795. The number of ether oxygens (including phenoxy) is 3. The maximum Gasteiger partial charge on any atom is 0.338 e. The maximum atomic E-state index is 12.4. The molecule has 1 amide bonds. The van der Waals surface area contributed by atoms with Gasteiger partial charge in [-0.1, -0.05) is 11.6 Å². The second-order valence-electron chi connectivity index (χ2n) is 5.56. The molecule has 1 heterocycles. The first-order valence-corrected chi connectivity index (χ1v) is 8.70. The van der Waals surface area contributed by atoms with E-state index in [1.54, 1.807) is 37.4 Å². The highest BCUT2D eigenvalue weighted by molar-refractivity contribution is 6.30. The normalized spacial score (nSPS) is 11.6. The molecule has 0 unspecified atom stereocenters. The van der Waals surface area contributed by atoms with Gasteiger partial charge in [0.25, 0.3) is 5.91 Å². The first-order valence-electron chi connectivity index (χ1n) is 8.32. The van der Waals surface area contributed by atoms with Gasteiger partial charge in [-0.15, -0.1) is 0 Å². The van der Waals surface area contributed by atoms with Crippen LogP contribution >= 0.6 is 11.6 Å². The SMILES string of the molecule is CCOCc1cc(C(=O)O[C@H](C)C(=O)Nc2ccc(Cl)cn2)ccc1OC. The lowest BCUT2D eigenvalue weighted by molar-refractivity contribution is -0.123. The van der Waals surface area contributed by atoms with Crippen molar-refractivity contribution in [1.29, 1.82) is 0 Å². The van der Waals surface area contributed by atoms with Gasteiger partial charge in [0.1, 0.15) is 11.6 Å². The van der Waals surface area contributed by atoms with E-state index in [0.717, 1.165) is 5.56 Å². The molecule has 0 saturated heterocycles. The van der Waals surface area contributed by atoms with Crippen molar-refractivity contribution in [3.63, 3.8) is 0 Å². The number of carbonyl (C=O) groups excluding carboxylic acids is 2. The lowest BCUT2D eigenvalue weighted by Gasteiger charge is -2.14. The number of rotatable bonds is 8. The van der Waals surface area contributed by atoms with E-state index in [0.29, 0.717) is 35.4 Å². The molecule has 7 nitrogen and oxygen atoms in total. The van der Waals surface area contributed by atoms with Gasteiger partial charge in [0.15, 0.2) is 6.10 Å². The summed E-state index contributed by atoms with van der Waals surface area (Å²) in [6.45, 7) is 4.20. The molecule has 0 fully saturated rings. The van der Waals surface area contributed by atoms with Crippen LogP contribution in [0.4, 0.5) is 5.82 Å². The third kappa shape index (κ3) is 5.94. The molecule has 0 radical (unpaired) electrons. The van der Waals surface area contributed by atoms with Crippen molar-refractivity contribution in [3.05, 3.63) is 52.7 Å². The molecule has 8 heteroatoms. The Kier molecular flexibility index (Phi) is 7.57. The monoisotopic (exact) mass is 392 g/mol. The third-order valence-electron chi connectivity index (χ3n) is 3.61. The van der Waals surface area contributed by atoms with Crippen molar-refractivity contribution in [2.75, 3.05) is 19.0 Å². The zero-order valence-corrected chi connectivity index (χ0v) is 16.1. The maximum absolute atomic E-state index is 12.4. The van der Waals surface area contributed by atoms with Gasteiger partial charge in [0.05, 0.1) is 24.3 Å². The number of hydrogen-bond donors (Lipinski definition) is 1. The van der Waals surface area contributed by atoms with E-state index in [9.17, 15) is 9.59 Å². The van der Waals surface area contributed by atoms with E-state index in [1.807, 2.05) is 6.92 Å². The zero-order valence-electron chi connectivity index (χ0n) is 15.3. The summed E-state index contributed by atoms with van der Waals surface area (Å²) >= 11 is 5.75. The van der Waals surface area contributed by atoms with Gasteiger partial charge in [0, 0.05) is 18.4 Å². The average molecular weight is 393 g/mol. The van der Waals surface area contributed by atoms with Gasteiger partial charge in [-0.2, -0.15) is 0 Å². The summed E-state index contributed by atoms with van der Waals surface area (Å²) in [6, 6.07) is 8.01. The van der Waals surface area contributed by atoms with Crippen LogP contribution in [0.1, 0.15) is 29.8 Å². The first kappa shape index (κ1) is 20.7. The molecule has 1 atom stereocenters. The van der Waals surface area contributed by atoms with E-state index < -0.39 is 18.0 Å². The number of methoxy groups -OCH3 is 1. The highest BCUT2D eigenvalue weighted by Crippen LogP contribution is 2.21. The number of aromatic nitrogens is 1. The molecule has 1 aromatic carbocycles. The number of amides is 1. The molecule has 0 bridgehead atoms. The molecule has 0 aliphatic heterocycles. The van der Waals surface area contributed by atoms with E-state index >= 15 is 0 Å². The molecule has 0 saturated carbocycles. The molecule has 1 N–H and O–H groups in total. The fourth-order valence-electron chi connectivity index (χ4n) is 2.19. The van der Waals surface area contributed by atoms with E-state index in [-0.39, 0.29) is 0 Å². The van der Waals surface area contributed by atoms with Gasteiger partial charge in [-0.3, -0.25) is 4.79 Å². The van der Waals surface area contributed by atoms with Gasteiger partial charge >= 0.3 is 5.97 Å².